The van der Waals surface area contributed by atoms with Crippen LogP contribution in [0.4, 0.5) is 0 Å². The van der Waals surface area contributed by atoms with Gasteiger partial charge in [-0.05, 0) is 52.2 Å². The van der Waals surface area contributed by atoms with Gasteiger partial charge in [-0.3, -0.25) is 0 Å². The van der Waals surface area contributed by atoms with Crippen LogP contribution in [-0.2, 0) is 9.53 Å². The van der Waals surface area contributed by atoms with Crippen molar-refractivity contribution in [3.8, 4) is 0 Å². The molecule has 0 atom stereocenters. The van der Waals surface area contributed by atoms with Gasteiger partial charge in [0.1, 0.15) is 11.8 Å². The van der Waals surface area contributed by atoms with E-state index in [9.17, 15) is 4.79 Å². The molecule has 0 aromatic rings. The number of allylic oxidation sites excluding steroid dienone is 1. The molecule has 0 aromatic heterocycles. The second-order valence-electron chi connectivity index (χ2n) is 4.58. The monoisotopic (exact) mass is 226 g/mol. The highest BCUT2D eigenvalue weighted by atomic mass is 16.5. The Morgan fingerprint density at radius 3 is 2.25 bits per heavy atom. The van der Waals surface area contributed by atoms with Gasteiger partial charge in [-0.2, -0.15) is 0 Å². The molecule has 16 heavy (non-hydrogen) atoms. The molecule has 1 saturated carbocycles. The van der Waals surface area contributed by atoms with E-state index in [-0.39, 0.29) is 17.8 Å². The second-order valence-corrected chi connectivity index (χ2v) is 4.58. The Morgan fingerprint density at radius 2 is 1.81 bits per heavy atom. The summed E-state index contributed by atoms with van der Waals surface area (Å²) < 4.78 is 5.36. The quantitative estimate of drug-likeness (QED) is 0.562. The average Bonchev–Trinajstić information content (AvgIpc) is 2.28. The zero-order valence-corrected chi connectivity index (χ0v) is 10.4. The minimum atomic E-state index is -0.368. The molecule has 0 aliphatic heterocycles. The first-order valence-electron chi connectivity index (χ1n) is 5.85. The number of nitrogens with two attached hydrogens (primary N) is 1. The van der Waals surface area contributed by atoms with Crippen molar-refractivity contribution < 1.29 is 9.53 Å². The Morgan fingerprint density at radius 1 is 1.25 bits per heavy atom. The van der Waals surface area contributed by atoms with Crippen molar-refractivity contribution in [1.82, 2.24) is 5.32 Å². The van der Waals surface area contributed by atoms with Crippen molar-refractivity contribution in [3.63, 3.8) is 0 Å². The fourth-order valence-corrected chi connectivity index (χ4v) is 1.89. The molecule has 3 N–H and O–H groups in total. The first kappa shape index (κ1) is 13.0. The van der Waals surface area contributed by atoms with Gasteiger partial charge in [0, 0.05) is 6.04 Å². The molecule has 0 unspecified atom stereocenters. The highest BCUT2D eigenvalue weighted by Gasteiger charge is 2.23. The molecule has 1 fully saturated rings. The number of carbonyl (C=O) groups excluding carboxylic acids is 1. The molecule has 0 amide bonds. The van der Waals surface area contributed by atoms with Gasteiger partial charge in [0.25, 0.3) is 0 Å². The lowest BCUT2D eigenvalue weighted by molar-refractivity contribution is -0.146. The van der Waals surface area contributed by atoms with E-state index in [0.29, 0.717) is 6.04 Å². The molecular weight excluding hydrogens is 204 g/mol. The highest BCUT2D eigenvalue weighted by Crippen LogP contribution is 2.21. The first-order valence-corrected chi connectivity index (χ1v) is 5.85. The van der Waals surface area contributed by atoms with E-state index in [1.54, 1.807) is 0 Å². The van der Waals surface area contributed by atoms with Gasteiger partial charge in [-0.15, -0.1) is 0 Å². The third kappa shape index (κ3) is 3.52. The summed E-state index contributed by atoms with van der Waals surface area (Å²) >= 11 is 0. The lowest BCUT2D eigenvalue weighted by atomic mass is 9.93. The van der Waals surface area contributed by atoms with Crippen molar-refractivity contribution in [2.45, 2.75) is 51.7 Å². The van der Waals surface area contributed by atoms with Crippen LogP contribution in [0.2, 0.25) is 0 Å². The normalized spacial score (nSPS) is 24.9. The molecule has 1 rings (SSSR count). The van der Waals surface area contributed by atoms with Crippen molar-refractivity contribution >= 4 is 5.97 Å². The maximum atomic E-state index is 11.6. The van der Waals surface area contributed by atoms with Gasteiger partial charge in [-0.1, -0.05) is 0 Å². The number of hydrogen-bond donors (Lipinski definition) is 2. The fourth-order valence-electron chi connectivity index (χ4n) is 1.89. The standard InChI is InChI=1S/C12H22N2O2/c1-8(2)11(13)12(15)16-10-6-4-9(14-3)5-7-10/h9-10,14H,4-7,13H2,1-3H3. The van der Waals surface area contributed by atoms with Gasteiger partial charge in [0.15, 0.2) is 0 Å². The summed E-state index contributed by atoms with van der Waals surface area (Å²) in [7, 11) is 1.97. The zero-order valence-electron chi connectivity index (χ0n) is 10.4. The third-order valence-electron chi connectivity index (χ3n) is 3.11. The summed E-state index contributed by atoms with van der Waals surface area (Å²) in [5.41, 5.74) is 6.68. The number of rotatable bonds is 3. The fraction of sp³-hybridized carbons (Fsp3) is 0.750. The molecule has 4 nitrogen and oxygen atoms in total. The van der Waals surface area contributed by atoms with E-state index in [1.807, 2.05) is 20.9 Å². The minimum Gasteiger partial charge on any atom is -0.458 e. The molecule has 0 spiro atoms. The van der Waals surface area contributed by atoms with Crippen LogP contribution in [0.1, 0.15) is 39.5 Å². The summed E-state index contributed by atoms with van der Waals surface area (Å²) in [4.78, 5) is 11.6. The predicted molar refractivity (Wildman–Crippen MR) is 63.8 cm³/mol. The first-order chi connectivity index (χ1) is 7.54. The minimum absolute atomic E-state index is 0.0370. The Hall–Kier alpha value is -1.03. The average molecular weight is 226 g/mol. The highest BCUT2D eigenvalue weighted by molar-refractivity contribution is 5.88. The van der Waals surface area contributed by atoms with Gasteiger partial charge in [-0.25, -0.2) is 4.79 Å². The van der Waals surface area contributed by atoms with Crippen molar-refractivity contribution in [2.24, 2.45) is 5.73 Å². The van der Waals surface area contributed by atoms with Crippen LogP contribution in [0, 0.1) is 0 Å². The molecule has 0 aromatic carbocycles. The van der Waals surface area contributed by atoms with Crippen LogP contribution in [0.5, 0.6) is 0 Å². The Bertz CT molecular complexity index is 275. The molecule has 0 saturated heterocycles. The van der Waals surface area contributed by atoms with E-state index in [2.05, 4.69) is 5.32 Å². The van der Waals surface area contributed by atoms with Gasteiger partial charge in [0.05, 0.1) is 0 Å². The van der Waals surface area contributed by atoms with Crippen LogP contribution >= 0.6 is 0 Å². The van der Waals surface area contributed by atoms with E-state index >= 15 is 0 Å². The van der Waals surface area contributed by atoms with Crippen LogP contribution in [0.15, 0.2) is 11.3 Å². The Balaban J connectivity index is 2.40. The molecule has 0 radical (unpaired) electrons. The van der Waals surface area contributed by atoms with E-state index in [0.717, 1.165) is 31.3 Å². The maximum Gasteiger partial charge on any atom is 0.354 e. The number of nitrogens with one attached hydrogen (secondary N) is 1. The lowest BCUT2D eigenvalue weighted by Gasteiger charge is -2.28. The van der Waals surface area contributed by atoms with Crippen molar-refractivity contribution in [2.75, 3.05) is 7.05 Å². The summed E-state index contributed by atoms with van der Waals surface area (Å²) in [5.74, 6) is -0.368. The van der Waals surface area contributed by atoms with Crippen LogP contribution in [-0.4, -0.2) is 25.2 Å². The number of hydrogen-bond acceptors (Lipinski definition) is 4. The summed E-state index contributed by atoms with van der Waals surface area (Å²) in [6, 6.07) is 0.566. The third-order valence-corrected chi connectivity index (χ3v) is 3.11. The Labute approximate surface area is 97.2 Å². The van der Waals surface area contributed by atoms with Crippen molar-refractivity contribution in [1.29, 1.82) is 0 Å². The van der Waals surface area contributed by atoms with Crippen molar-refractivity contribution in [3.05, 3.63) is 11.3 Å². The molecule has 1 aliphatic rings. The SMILES string of the molecule is CNC1CCC(OC(=O)C(N)=C(C)C)CC1. The number of carbonyl (C=O) groups is 1. The molecule has 0 bridgehead atoms. The molecule has 1 aliphatic carbocycles. The van der Waals surface area contributed by atoms with Crippen LogP contribution < -0.4 is 11.1 Å². The second kappa shape index (κ2) is 5.89. The predicted octanol–water partition coefficient (Wildman–Crippen LogP) is 1.31. The van der Waals surface area contributed by atoms with Crippen LogP contribution in [0.25, 0.3) is 0 Å². The largest absolute Gasteiger partial charge is 0.458 e. The summed E-state index contributed by atoms with van der Waals surface area (Å²) in [5, 5.41) is 3.24. The summed E-state index contributed by atoms with van der Waals surface area (Å²) in [6.07, 6.45) is 4.00. The van der Waals surface area contributed by atoms with E-state index in [1.165, 1.54) is 0 Å². The number of ether oxygens (including phenoxy) is 1. The lowest BCUT2D eigenvalue weighted by Crippen LogP contribution is -2.34. The smallest absolute Gasteiger partial charge is 0.354 e. The molecule has 92 valence electrons. The van der Waals surface area contributed by atoms with Gasteiger partial charge in [0.2, 0.25) is 0 Å². The molecule has 0 heterocycles. The van der Waals surface area contributed by atoms with Crippen LogP contribution in [0.3, 0.4) is 0 Å². The van der Waals surface area contributed by atoms with Gasteiger partial charge < -0.3 is 15.8 Å². The Kier molecular flexibility index (Phi) is 4.80. The molecular formula is C12H22N2O2. The van der Waals surface area contributed by atoms with E-state index < -0.39 is 0 Å². The topological polar surface area (TPSA) is 64.3 Å². The zero-order chi connectivity index (χ0) is 12.1. The van der Waals surface area contributed by atoms with Gasteiger partial charge >= 0.3 is 5.97 Å². The van der Waals surface area contributed by atoms with E-state index in [4.69, 9.17) is 10.5 Å². The number of esters is 1. The maximum absolute atomic E-state index is 11.6. The summed E-state index contributed by atoms with van der Waals surface area (Å²) in [6.45, 7) is 3.63. The molecule has 4 heteroatoms.